The molecule has 6 heteroatoms. The lowest BCUT2D eigenvalue weighted by atomic mass is 9.82. The number of hydrogen-bond acceptors (Lipinski definition) is 4. The lowest BCUT2D eigenvalue weighted by Gasteiger charge is -2.27. The Morgan fingerprint density at radius 2 is 1.85 bits per heavy atom. The highest BCUT2D eigenvalue weighted by Crippen LogP contribution is 2.36. The molecule has 2 aliphatic rings. The van der Waals surface area contributed by atoms with Gasteiger partial charge in [0.25, 0.3) is 5.56 Å². The summed E-state index contributed by atoms with van der Waals surface area (Å²) >= 11 is 0. The van der Waals surface area contributed by atoms with Crippen molar-refractivity contribution in [2.75, 3.05) is 13.2 Å². The van der Waals surface area contributed by atoms with Crippen molar-refractivity contribution in [1.29, 1.82) is 0 Å². The van der Waals surface area contributed by atoms with Crippen LogP contribution in [0.5, 0.6) is 5.75 Å². The van der Waals surface area contributed by atoms with Gasteiger partial charge in [-0.25, -0.2) is 4.68 Å². The zero-order valence-corrected chi connectivity index (χ0v) is 20.2. The van der Waals surface area contributed by atoms with E-state index in [2.05, 4.69) is 11.0 Å². The summed E-state index contributed by atoms with van der Waals surface area (Å²) < 4.78 is 9.72. The van der Waals surface area contributed by atoms with E-state index >= 15 is 0 Å². The third kappa shape index (κ3) is 4.44. The van der Waals surface area contributed by atoms with Gasteiger partial charge in [0.1, 0.15) is 12.4 Å². The van der Waals surface area contributed by atoms with Crippen LogP contribution in [0.3, 0.4) is 0 Å². The van der Waals surface area contributed by atoms with Gasteiger partial charge in [-0.1, -0.05) is 43.5 Å². The Kier molecular flexibility index (Phi) is 6.61. The lowest BCUT2D eigenvalue weighted by molar-refractivity contribution is 0.0847. The summed E-state index contributed by atoms with van der Waals surface area (Å²) in [6.07, 6.45) is 5.47. The van der Waals surface area contributed by atoms with E-state index in [4.69, 9.17) is 4.74 Å². The summed E-state index contributed by atoms with van der Waals surface area (Å²) in [4.78, 5) is 15.7. The highest BCUT2D eigenvalue weighted by atomic mass is 16.5. The number of aliphatic hydroxyl groups is 1. The average molecular weight is 462 g/mol. The summed E-state index contributed by atoms with van der Waals surface area (Å²) in [6, 6.07) is 15.9. The SMILES string of the molecule is Cc1c(CN2CCOc3ccc(C(O)C4CCCCC4)cc3C2)c(=O)n(-c2ccccc2)n1C. The smallest absolute Gasteiger partial charge is 0.276 e. The highest BCUT2D eigenvalue weighted by Gasteiger charge is 2.26. The van der Waals surface area contributed by atoms with E-state index in [0.29, 0.717) is 25.6 Å². The van der Waals surface area contributed by atoms with Gasteiger partial charge in [0.15, 0.2) is 0 Å². The van der Waals surface area contributed by atoms with Gasteiger partial charge in [-0.3, -0.25) is 14.4 Å². The fourth-order valence-electron chi connectivity index (χ4n) is 5.54. The number of fused-ring (bicyclic) bond motifs is 1. The van der Waals surface area contributed by atoms with Gasteiger partial charge < -0.3 is 9.84 Å². The summed E-state index contributed by atoms with van der Waals surface area (Å²) in [7, 11) is 1.94. The van der Waals surface area contributed by atoms with Crippen LogP contribution in [0.1, 0.15) is 60.6 Å². The predicted molar refractivity (Wildman–Crippen MR) is 133 cm³/mol. The quantitative estimate of drug-likeness (QED) is 0.608. The van der Waals surface area contributed by atoms with Crippen molar-refractivity contribution >= 4 is 0 Å². The molecule has 2 aromatic carbocycles. The molecule has 2 heterocycles. The second-order valence-corrected chi connectivity index (χ2v) is 9.81. The molecule has 1 unspecified atom stereocenters. The first kappa shape index (κ1) is 22.9. The minimum Gasteiger partial charge on any atom is -0.492 e. The van der Waals surface area contributed by atoms with Crippen molar-refractivity contribution in [3.05, 3.63) is 81.3 Å². The van der Waals surface area contributed by atoms with Gasteiger partial charge in [0.05, 0.1) is 17.4 Å². The summed E-state index contributed by atoms with van der Waals surface area (Å²) in [5.41, 5.74) is 4.75. The molecular weight excluding hydrogens is 426 g/mol. The largest absolute Gasteiger partial charge is 0.492 e. The number of para-hydroxylation sites is 1. The third-order valence-corrected chi connectivity index (χ3v) is 7.64. The van der Waals surface area contributed by atoms with Gasteiger partial charge >= 0.3 is 0 Å². The van der Waals surface area contributed by atoms with E-state index in [1.807, 2.05) is 61.1 Å². The van der Waals surface area contributed by atoms with Crippen molar-refractivity contribution in [1.82, 2.24) is 14.3 Å². The molecule has 1 fully saturated rings. The van der Waals surface area contributed by atoms with E-state index in [0.717, 1.165) is 53.2 Å². The van der Waals surface area contributed by atoms with Crippen LogP contribution in [0, 0.1) is 12.8 Å². The van der Waals surface area contributed by atoms with Gasteiger partial charge in [-0.2, -0.15) is 0 Å². The highest BCUT2D eigenvalue weighted by molar-refractivity contribution is 5.39. The first-order valence-electron chi connectivity index (χ1n) is 12.5. The standard InChI is InChI=1S/C28H35N3O3/c1-20-25(28(33)31(29(20)2)24-11-7-4-8-12-24)19-30-15-16-34-26-14-13-22(17-23(26)18-30)27(32)21-9-5-3-6-10-21/h4,7-8,11-14,17,21,27,32H,3,5-6,9-10,15-16,18-19H2,1-2H3. The summed E-state index contributed by atoms with van der Waals surface area (Å²) in [5, 5.41) is 11.0. The topological polar surface area (TPSA) is 59.6 Å². The van der Waals surface area contributed by atoms with Crippen molar-refractivity contribution in [3.63, 3.8) is 0 Å². The van der Waals surface area contributed by atoms with Crippen molar-refractivity contribution in [2.45, 2.75) is 58.2 Å². The molecule has 6 nitrogen and oxygen atoms in total. The Labute approximate surface area is 201 Å². The van der Waals surface area contributed by atoms with Crippen LogP contribution < -0.4 is 10.3 Å². The minimum atomic E-state index is -0.420. The summed E-state index contributed by atoms with van der Waals surface area (Å²) in [6.45, 7) is 4.60. The number of ether oxygens (including phenoxy) is 1. The molecule has 1 atom stereocenters. The second kappa shape index (κ2) is 9.80. The molecule has 180 valence electrons. The Hall–Kier alpha value is -2.83. The lowest BCUT2D eigenvalue weighted by Crippen LogP contribution is -2.29. The molecule has 0 bridgehead atoms. The molecule has 0 radical (unpaired) electrons. The average Bonchev–Trinajstić information content (AvgIpc) is 3.00. The maximum Gasteiger partial charge on any atom is 0.276 e. The maximum atomic E-state index is 13.4. The molecule has 1 aliphatic carbocycles. The fraction of sp³-hybridized carbons (Fsp3) is 0.464. The van der Waals surface area contributed by atoms with Crippen LogP contribution in [0.4, 0.5) is 0 Å². The molecular formula is C28H35N3O3. The molecule has 0 spiro atoms. The number of hydrogen-bond donors (Lipinski definition) is 1. The number of rotatable bonds is 5. The number of nitrogens with zero attached hydrogens (tertiary/aromatic N) is 3. The molecule has 1 N–H and O–H groups in total. The molecule has 34 heavy (non-hydrogen) atoms. The molecule has 1 aliphatic heterocycles. The number of benzene rings is 2. The second-order valence-electron chi connectivity index (χ2n) is 9.81. The Bertz CT molecular complexity index is 1190. The maximum absolute atomic E-state index is 13.4. The monoisotopic (exact) mass is 461 g/mol. The van der Waals surface area contributed by atoms with Crippen molar-refractivity contribution in [3.8, 4) is 11.4 Å². The predicted octanol–water partition coefficient (Wildman–Crippen LogP) is 4.49. The van der Waals surface area contributed by atoms with Crippen molar-refractivity contribution in [2.24, 2.45) is 13.0 Å². The Balaban J connectivity index is 1.39. The van der Waals surface area contributed by atoms with Gasteiger partial charge in [-0.05, 0) is 55.5 Å². The van der Waals surface area contributed by atoms with Crippen LogP contribution in [0.15, 0.2) is 53.3 Å². The van der Waals surface area contributed by atoms with E-state index < -0.39 is 6.10 Å². The third-order valence-electron chi connectivity index (χ3n) is 7.64. The van der Waals surface area contributed by atoms with E-state index in [1.165, 1.54) is 19.3 Å². The molecule has 0 saturated heterocycles. The molecule has 3 aromatic rings. The van der Waals surface area contributed by atoms with Crippen molar-refractivity contribution < 1.29 is 9.84 Å². The van der Waals surface area contributed by atoms with E-state index in [9.17, 15) is 9.90 Å². The molecule has 1 saturated carbocycles. The van der Waals surface area contributed by atoms with Crippen LogP contribution in [-0.2, 0) is 20.1 Å². The normalized spacial score (nSPS) is 18.2. The molecule has 5 rings (SSSR count). The van der Waals surface area contributed by atoms with Crippen LogP contribution in [0.2, 0.25) is 0 Å². The van der Waals surface area contributed by atoms with Gasteiger partial charge in [0.2, 0.25) is 0 Å². The molecule has 0 amide bonds. The van der Waals surface area contributed by atoms with Crippen LogP contribution in [0.25, 0.3) is 5.69 Å². The van der Waals surface area contributed by atoms with E-state index in [1.54, 1.807) is 4.68 Å². The van der Waals surface area contributed by atoms with Gasteiger partial charge in [-0.15, -0.1) is 0 Å². The van der Waals surface area contributed by atoms with Crippen LogP contribution >= 0.6 is 0 Å². The van der Waals surface area contributed by atoms with Gasteiger partial charge in [0, 0.05) is 37.9 Å². The molecule has 1 aromatic heterocycles. The Morgan fingerprint density at radius 3 is 2.62 bits per heavy atom. The fourth-order valence-corrected chi connectivity index (χ4v) is 5.54. The zero-order valence-electron chi connectivity index (χ0n) is 20.2. The number of aromatic nitrogens is 2. The Morgan fingerprint density at radius 1 is 1.09 bits per heavy atom. The van der Waals surface area contributed by atoms with Crippen LogP contribution in [-0.4, -0.2) is 32.5 Å². The first-order chi connectivity index (χ1) is 16.5. The number of aliphatic hydroxyl groups excluding tert-OH is 1. The zero-order chi connectivity index (χ0) is 23.7. The van der Waals surface area contributed by atoms with E-state index in [-0.39, 0.29) is 5.56 Å². The first-order valence-corrected chi connectivity index (χ1v) is 12.5. The minimum absolute atomic E-state index is 0.0260. The summed E-state index contributed by atoms with van der Waals surface area (Å²) in [5.74, 6) is 1.23.